The van der Waals surface area contributed by atoms with Gasteiger partial charge in [0, 0.05) is 62.3 Å². The lowest BCUT2D eigenvalue weighted by Crippen LogP contribution is -2.44. The number of nitrogens with one attached hydrogen (secondary N) is 1. The molecule has 2 heterocycles. The summed E-state index contributed by atoms with van der Waals surface area (Å²) in [5.41, 5.74) is 3.63. The summed E-state index contributed by atoms with van der Waals surface area (Å²) in [6.45, 7) is 5.79. The number of hydrogen-bond acceptors (Lipinski definition) is 10. The number of nitrogens with zero attached hydrogens (tertiary/aromatic N) is 6. The van der Waals surface area contributed by atoms with E-state index in [9.17, 15) is 14.9 Å². The Morgan fingerprint density at radius 2 is 1.81 bits per heavy atom. The summed E-state index contributed by atoms with van der Waals surface area (Å²) in [5, 5.41) is 14.7. The molecule has 0 aliphatic carbocycles. The molecule has 0 radical (unpaired) electrons. The van der Waals surface area contributed by atoms with E-state index < -0.39 is 11.0 Å². The summed E-state index contributed by atoms with van der Waals surface area (Å²) in [6, 6.07) is 20.7. The number of aryl methyl sites for hydroxylation is 1. The largest absolute Gasteiger partial charge is 0.494 e. The number of methoxy groups -OCH3 is 1. The smallest absolute Gasteiger partial charge is 0.420 e. The molecule has 4 aromatic rings. The molecular formula is C31H33N7O5. The molecule has 1 amide bonds. The predicted octanol–water partition coefficient (Wildman–Crippen LogP) is 5.67. The number of aromatic nitrogens is 2. The third-order valence-electron chi connectivity index (χ3n) is 7.13. The molecule has 1 aliphatic heterocycles. The molecule has 1 saturated heterocycles. The molecule has 5 rings (SSSR count). The molecule has 12 nitrogen and oxygen atoms in total. The minimum atomic E-state index is -0.750. The van der Waals surface area contributed by atoms with E-state index in [1.807, 2.05) is 49.4 Å². The Labute approximate surface area is 249 Å². The van der Waals surface area contributed by atoms with Crippen molar-refractivity contribution in [3.63, 3.8) is 0 Å². The van der Waals surface area contributed by atoms with E-state index >= 15 is 0 Å². The standard InChI is InChI=1S/C31H33N7O5/c1-22-7-9-23(10-8-22)21-43-31(39)37(25-5-4-6-26(19-25)38(40)41)29-13-14-32-30(34-29)33-27-12-11-24(20-28(27)42-3)36-17-15-35(2)16-18-36/h4-14,19-20H,15-18,21H2,1-3H3,(H,32,33,34). The lowest BCUT2D eigenvalue weighted by atomic mass is 10.2. The molecular weight excluding hydrogens is 550 g/mol. The Bertz CT molecular complexity index is 1590. The van der Waals surface area contributed by atoms with Gasteiger partial charge in [0.2, 0.25) is 5.95 Å². The van der Waals surface area contributed by atoms with Crippen LogP contribution in [0.5, 0.6) is 5.75 Å². The average molecular weight is 584 g/mol. The first-order valence-electron chi connectivity index (χ1n) is 13.8. The number of nitro groups is 1. The van der Waals surface area contributed by atoms with Gasteiger partial charge in [-0.3, -0.25) is 10.1 Å². The number of likely N-dealkylation sites (N-methyl/N-ethyl adjacent to an activating group) is 1. The van der Waals surface area contributed by atoms with Gasteiger partial charge in [0.15, 0.2) is 0 Å². The summed E-state index contributed by atoms with van der Waals surface area (Å²) in [7, 11) is 3.71. The van der Waals surface area contributed by atoms with Crippen LogP contribution in [0.2, 0.25) is 0 Å². The normalized spacial score (nSPS) is 13.3. The Kier molecular flexibility index (Phi) is 8.96. The van der Waals surface area contributed by atoms with Gasteiger partial charge in [-0.25, -0.2) is 14.7 Å². The quantitative estimate of drug-likeness (QED) is 0.194. The number of nitro benzene ring substituents is 1. The third-order valence-corrected chi connectivity index (χ3v) is 7.13. The fourth-order valence-electron chi connectivity index (χ4n) is 4.67. The van der Waals surface area contributed by atoms with Gasteiger partial charge in [0.1, 0.15) is 18.2 Å². The van der Waals surface area contributed by atoms with E-state index in [4.69, 9.17) is 9.47 Å². The van der Waals surface area contributed by atoms with Crippen LogP contribution in [0.3, 0.4) is 0 Å². The minimum Gasteiger partial charge on any atom is -0.494 e. The fourth-order valence-corrected chi connectivity index (χ4v) is 4.67. The van der Waals surface area contributed by atoms with Crippen molar-refractivity contribution in [3.05, 3.63) is 100 Å². The summed E-state index contributed by atoms with van der Waals surface area (Å²) in [5.74, 6) is 0.975. The highest BCUT2D eigenvalue weighted by molar-refractivity contribution is 5.95. The Balaban J connectivity index is 1.41. The van der Waals surface area contributed by atoms with E-state index in [1.54, 1.807) is 13.2 Å². The topological polar surface area (TPSA) is 126 Å². The number of benzene rings is 3. The second-order valence-electron chi connectivity index (χ2n) is 10.2. The maximum absolute atomic E-state index is 13.5. The summed E-state index contributed by atoms with van der Waals surface area (Å²) in [6.07, 6.45) is 0.743. The van der Waals surface area contributed by atoms with Gasteiger partial charge in [0.25, 0.3) is 5.69 Å². The number of amides is 1. The van der Waals surface area contributed by atoms with Crippen LogP contribution < -0.4 is 19.9 Å². The lowest BCUT2D eigenvalue weighted by molar-refractivity contribution is -0.384. The molecule has 3 aromatic carbocycles. The van der Waals surface area contributed by atoms with E-state index in [-0.39, 0.29) is 29.7 Å². The number of non-ortho nitro benzene ring substituents is 1. The Morgan fingerprint density at radius 3 is 2.53 bits per heavy atom. The molecule has 0 bridgehead atoms. The highest BCUT2D eigenvalue weighted by atomic mass is 16.6. The van der Waals surface area contributed by atoms with Crippen molar-refractivity contribution in [1.82, 2.24) is 14.9 Å². The van der Waals surface area contributed by atoms with Crippen LogP contribution in [-0.2, 0) is 11.3 Å². The first-order chi connectivity index (χ1) is 20.8. The van der Waals surface area contributed by atoms with Gasteiger partial charge < -0.3 is 24.6 Å². The van der Waals surface area contributed by atoms with Gasteiger partial charge in [-0.2, -0.15) is 4.98 Å². The van der Waals surface area contributed by atoms with Crippen molar-refractivity contribution in [1.29, 1.82) is 0 Å². The van der Waals surface area contributed by atoms with Gasteiger partial charge in [-0.1, -0.05) is 35.9 Å². The number of anilines is 5. The highest BCUT2D eigenvalue weighted by Gasteiger charge is 2.24. The lowest BCUT2D eigenvalue weighted by Gasteiger charge is -2.34. The zero-order chi connectivity index (χ0) is 30.3. The van der Waals surface area contributed by atoms with Gasteiger partial charge in [-0.05, 0) is 37.7 Å². The van der Waals surface area contributed by atoms with Crippen molar-refractivity contribution in [2.75, 3.05) is 55.5 Å². The molecule has 0 saturated carbocycles. The number of carbonyl (C=O) groups is 1. The van der Waals surface area contributed by atoms with Gasteiger partial charge in [0.05, 0.1) is 23.4 Å². The van der Waals surface area contributed by atoms with Crippen LogP contribution >= 0.6 is 0 Å². The predicted molar refractivity (Wildman–Crippen MR) is 165 cm³/mol. The fraction of sp³-hybridized carbons (Fsp3) is 0.258. The molecule has 12 heteroatoms. The average Bonchev–Trinajstić information content (AvgIpc) is 3.02. The molecule has 43 heavy (non-hydrogen) atoms. The number of carbonyl (C=O) groups excluding carboxylic acids is 1. The molecule has 1 N–H and O–H groups in total. The van der Waals surface area contributed by atoms with Crippen LogP contribution in [0, 0.1) is 17.0 Å². The van der Waals surface area contributed by atoms with Crippen LogP contribution in [0.15, 0.2) is 79.0 Å². The zero-order valence-electron chi connectivity index (χ0n) is 24.3. The first-order valence-corrected chi connectivity index (χ1v) is 13.8. The maximum Gasteiger partial charge on any atom is 0.420 e. The van der Waals surface area contributed by atoms with Crippen LogP contribution in [0.4, 0.5) is 39.3 Å². The van der Waals surface area contributed by atoms with Crippen molar-refractivity contribution in [2.45, 2.75) is 13.5 Å². The second kappa shape index (κ2) is 13.2. The molecule has 0 atom stereocenters. The monoisotopic (exact) mass is 583 g/mol. The van der Waals surface area contributed by atoms with E-state index in [0.29, 0.717) is 11.4 Å². The Morgan fingerprint density at radius 1 is 1.05 bits per heavy atom. The zero-order valence-corrected chi connectivity index (χ0v) is 24.3. The van der Waals surface area contributed by atoms with Crippen molar-refractivity contribution >= 4 is 40.6 Å². The van der Waals surface area contributed by atoms with Crippen LogP contribution in [0.1, 0.15) is 11.1 Å². The Hall–Kier alpha value is -5.23. The summed E-state index contributed by atoms with van der Waals surface area (Å²) >= 11 is 0. The first kappa shape index (κ1) is 29.3. The molecule has 1 fully saturated rings. The number of hydrogen-bond donors (Lipinski definition) is 1. The van der Waals surface area contributed by atoms with Crippen LogP contribution in [-0.4, -0.2) is 66.2 Å². The van der Waals surface area contributed by atoms with Crippen molar-refractivity contribution < 1.29 is 19.2 Å². The highest BCUT2D eigenvalue weighted by Crippen LogP contribution is 2.33. The minimum absolute atomic E-state index is 0.0115. The maximum atomic E-state index is 13.5. The molecule has 1 aliphatic rings. The van der Waals surface area contributed by atoms with Gasteiger partial charge in [-0.15, -0.1) is 0 Å². The molecule has 222 valence electrons. The SMILES string of the molecule is COc1cc(N2CCN(C)CC2)ccc1Nc1nccc(N(C(=O)OCc2ccc(C)cc2)c2cccc([N+](=O)[O-])c2)n1. The number of ether oxygens (including phenoxy) is 2. The van der Waals surface area contributed by atoms with E-state index in [1.165, 1.54) is 35.4 Å². The van der Waals surface area contributed by atoms with Crippen molar-refractivity contribution in [3.8, 4) is 5.75 Å². The van der Waals surface area contributed by atoms with Crippen LogP contribution in [0.25, 0.3) is 0 Å². The number of piperazine rings is 1. The van der Waals surface area contributed by atoms with Gasteiger partial charge >= 0.3 is 6.09 Å². The molecule has 1 aromatic heterocycles. The third kappa shape index (κ3) is 7.16. The number of rotatable bonds is 9. The summed E-state index contributed by atoms with van der Waals surface area (Å²) < 4.78 is 11.3. The van der Waals surface area contributed by atoms with Crippen molar-refractivity contribution in [2.24, 2.45) is 0 Å². The second-order valence-corrected chi connectivity index (χ2v) is 10.2. The molecule has 0 spiro atoms. The van der Waals surface area contributed by atoms with E-state index in [2.05, 4.69) is 32.1 Å². The van der Waals surface area contributed by atoms with E-state index in [0.717, 1.165) is 43.0 Å². The summed E-state index contributed by atoms with van der Waals surface area (Å²) in [4.78, 5) is 39.1. The molecule has 0 unspecified atom stereocenters.